The van der Waals surface area contributed by atoms with E-state index in [0.29, 0.717) is 0 Å². The molecule has 1 unspecified atom stereocenters. The Labute approximate surface area is 214 Å². The number of nitrogens with two attached hydrogens (primary N) is 1. The average molecular weight is 541 g/mol. The molecule has 36 heavy (non-hydrogen) atoms. The molecule has 0 aliphatic heterocycles. The number of aliphatic hydroxyl groups excluding tert-OH is 2. The Bertz CT molecular complexity index is 1180. The molecule has 6 N–H and O–H groups in total. The van der Waals surface area contributed by atoms with E-state index >= 15 is 0 Å². The highest BCUT2D eigenvalue weighted by atomic mass is 32.2. The van der Waals surface area contributed by atoms with Gasteiger partial charge in [0.2, 0.25) is 0 Å². The third-order valence-corrected chi connectivity index (χ3v) is 9.32. The zero-order valence-electron chi connectivity index (χ0n) is 19.9. The molecule has 2 amide bonds. The van der Waals surface area contributed by atoms with Gasteiger partial charge in [0.05, 0.1) is 45.8 Å². The van der Waals surface area contributed by atoms with E-state index in [9.17, 15) is 14.1 Å². The van der Waals surface area contributed by atoms with Gasteiger partial charge in [-0.2, -0.15) is 0 Å². The van der Waals surface area contributed by atoms with Crippen LogP contribution >= 0.6 is 11.3 Å². The van der Waals surface area contributed by atoms with Crippen molar-refractivity contribution in [3.63, 3.8) is 0 Å². The third kappa shape index (κ3) is 5.94. The number of thiazole rings is 1. The molecule has 1 aromatic carbocycles. The topological polar surface area (TPSA) is 177 Å². The standard InChI is InChI=1S/C23H32N4O7S2/c24-36(32,19-12-25-21(35-19)23(31,13-33-9-7-28)14-34-10-8-29)27-22(30)26-20-17-5-1-3-15(17)11-16-4-2-6-18(16)20/h11-12,28-29,31H,1-10,13-14H2,(H3,24,26,27,30,32). The summed E-state index contributed by atoms with van der Waals surface area (Å²) >= 11 is 0.831. The summed E-state index contributed by atoms with van der Waals surface area (Å²) in [6.07, 6.45) is 6.98. The lowest BCUT2D eigenvalue weighted by Gasteiger charge is -2.25. The van der Waals surface area contributed by atoms with Crippen molar-refractivity contribution < 1.29 is 33.8 Å². The van der Waals surface area contributed by atoms with Gasteiger partial charge in [-0.3, -0.25) is 0 Å². The second-order valence-electron chi connectivity index (χ2n) is 8.89. The van der Waals surface area contributed by atoms with Gasteiger partial charge in [-0.25, -0.2) is 19.1 Å². The van der Waals surface area contributed by atoms with E-state index in [1.54, 1.807) is 0 Å². The fourth-order valence-corrected chi connectivity index (χ4v) is 6.77. The second kappa shape index (κ2) is 11.6. The number of anilines is 1. The maximum absolute atomic E-state index is 13.2. The average Bonchev–Trinajstić information content (AvgIpc) is 3.59. The third-order valence-electron chi connectivity index (χ3n) is 6.25. The first-order valence-corrected chi connectivity index (χ1v) is 14.2. The molecule has 1 atom stereocenters. The smallest absolute Gasteiger partial charge is 0.354 e. The lowest BCUT2D eigenvalue weighted by atomic mass is 9.99. The Hall–Kier alpha value is -1.97. The number of nitrogens with one attached hydrogen (secondary N) is 1. The Balaban J connectivity index is 1.56. The normalized spacial score (nSPS) is 16.4. The van der Waals surface area contributed by atoms with E-state index in [-0.39, 0.29) is 48.9 Å². The van der Waals surface area contributed by atoms with Crippen LogP contribution in [0, 0.1) is 0 Å². The van der Waals surface area contributed by atoms with Crippen LogP contribution in [0.25, 0.3) is 0 Å². The molecule has 2 aliphatic carbocycles. The van der Waals surface area contributed by atoms with Crippen LogP contribution in [0.15, 0.2) is 20.8 Å². The fourth-order valence-electron chi connectivity index (χ4n) is 4.65. The van der Waals surface area contributed by atoms with Gasteiger partial charge in [0.25, 0.3) is 0 Å². The van der Waals surface area contributed by atoms with Gasteiger partial charge in [0.15, 0.2) is 15.5 Å². The Morgan fingerprint density at radius 2 is 1.69 bits per heavy atom. The molecule has 1 heterocycles. The molecular formula is C23H32N4O7S2. The Kier molecular flexibility index (Phi) is 8.73. The van der Waals surface area contributed by atoms with Crippen molar-refractivity contribution in [2.75, 3.05) is 45.0 Å². The first kappa shape index (κ1) is 27.1. The largest absolute Gasteiger partial charge is 0.394 e. The van der Waals surface area contributed by atoms with Crippen LogP contribution < -0.4 is 10.5 Å². The molecule has 198 valence electrons. The molecule has 13 heteroatoms. The molecule has 0 bridgehead atoms. The minimum atomic E-state index is -3.65. The summed E-state index contributed by atoms with van der Waals surface area (Å²) in [7, 11) is -3.65. The van der Waals surface area contributed by atoms with Gasteiger partial charge < -0.3 is 30.1 Å². The van der Waals surface area contributed by atoms with Crippen LogP contribution in [0.5, 0.6) is 0 Å². The highest BCUT2D eigenvalue weighted by Gasteiger charge is 2.35. The number of amides is 2. The Morgan fingerprint density at radius 1 is 1.11 bits per heavy atom. The number of ether oxygens (including phenoxy) is 2. The number of hydrogen-bond donors (Lipinski definition) is 5. The lowest BCUT2D eigenvalue weighted by Crippen LogP contribution is -2.37. The molecule has 0 saturated carbocycles. The van der Waals surface area contributed by atoms with Crippen molar-refractivity contribution in [1.82, 2.24) is 4.98 Å². The molecule has 1 aromatic heterocycles. The lowest BCUT2D eigenvalue weighted by molar-refractivity contribution is -0.107. The summed E-state index contributed by atoms with van der Waals surface area (Å²) in [6.45, 7) is -1.05. The highest BCUT2D eigenvalue weighted by molar-refractivity contribution is 7.93. The van der Waals surface area contributed by atoms with Crippen molar-refractivity contribution in [1.29, 1.82) is 0 Å². The predicted octanol–water partition coefficient (Wildman–Crippen LogP) is 1.26. The van der Waals surface area contributed by atoms with Gasteiger partial charge in [0.1, 0.15) is 9.22 Å². The SMILES string of the molecule is NS(=O)(=NC(=O)Nc1c2c(cc3c1CCC3)CCC2)c1cnc(C(O)(COCCO)COCCO)s1. The van der Waals surface area contributed by atoms with Gasteiger partial charge in [-0.1, -0.05) is 6.07 Å². The van der Waals surface area contributed by atoms with Crippen molar-refractivity contribution in [3.8, 4) is 0 Å². The summed E-state index contributed by atoms with van der Waals surface area (Å²) in [6, 6.07) is 1.46. The quantitative estimate of drug-likeness (QED) is 0.265. The van der Waals surface area contributed by atoms with E-state index in [2.05, 4.69) is 20.7 Å². The number of aromatic nitrogens is 1. The number of aryl methyl sites for hydroxylation is 2. The first-order valence-electron chi connectivity index (χ1n) is 11.9. The van der Waals surface area contributed by atoms with Crippen LogP contribution in [-0.4, -0.2) is 70.2 Å². The monoisotopic (exact) mass is 540 g/mol. The number of rotatable bonds is 11. The van der Waals surface area contributed by atoms with Crippen molar-refractivity contribution >= 4 is 33.0 Å². The van der Waals surface area contributed by atoms with Crippen LogP contribution in [0.4, 0.5) is 10.5 Å². The molecule has 4 rings (SSSR count). The maximum Gasteiger partial charge on any atom is 0.354 e. The number of fused-ring (bicyclic) bond motifs is 2. The molecule has 2 aliphatic rings. The number of aliphatic hydroxyl groups is 3. The summed E-state index contributed by atoms with van der Waals surface area (Å²) in [5, 5.41) is 37.9. The summed E-state index contributed by atoms with van der Waals surface area (Å²) in [4.78, 5) is 17.0. The van der Waals surface area contributed by atoms with Gasteiger partial charge in [-0.15, -0.1) is 15.7 Å². The molecule has 0 spiro atoms. The van der Waals surface area contributed by atoms with E-state index < -0.39 is 21.5 Å². The zero-order valence-corrected chi connectivity index (χ0v) is 21.5. The van der Waals surface area contributed by atoms with E-state index in [4.69, 9.17) is 24.8 Å². The van der Waals surface area contributed by atoms with E-state index in [1.165, 1.54) is 17.3 Å². The van der Waals surface area contributed by atoms with E-state index in [0.717, 1.165) is 66.7 Å². The molecule has 11 nitrogen and oxygen atoms in total. The number of benzene rings is 1. The number of carbonyl (C=O) groups excluding carboxylic acids is 1. The first-order chi connectivity index (χ1) is 17.3. The zero-order chi connectivity index (χ0) is 25.8. The van der Waals surface area contributed by atoms with Crippen molar-refractivity contribution in [3.05, 3.63) is 39.5 Å². The number of nitrogens with zero attached hydrogens (tertiary/aromatic N) is 2. The summed E-state index contributed by atoms with van der Waals surface area (Å²) < 4.78 is 27.6. The van der Waals surface area contributed by atoms with Gasteiger partial charge in [0, 0.05) is 5.69 Å². The Morgan fingerprint density at radius 3 is 2.25 bits per heavy atom. The minimum absolute atomic E-state index is 0.0129. The minimum Gasteiger partial charge on any atom is -0.394 e. The number of urea groups is 1. The molecule has 0 saturated heterocycles. The highest BCUT2D eigenvalue weighted by Crippen LogP contribution is 2.38. The molecule has 2 aromatic rings. The van der Waals surface area contributed by atoms with Crippen LogP contribution in [0.1, 0.15) is 40.1 Å². The van der Waals surface area contributed by atoms with Gasteiger partial charge in [-0.05, 0) is 60.8 Å². The van der Waals surface area contributed by atoms with Crippen LogP contribution in [-0.2, 0) is 50.7 Å². The maximum atomic E-state index is 13.2. The number of hydrogen-bond acceptors (Lipinski definition) is 9. The van der Waals surface area contributed by atoms with Crippen molar-refractivity contribution in [2.24, 2.45) is 9.50 Å². The molecule has 0 fully saturated rings. The second-order valence-corrected chi connectivity index (χ2v) is 11.9. The fraction of sp³-hybridized carbons (Fsp3) is 0.565. The predicted molar refractivity (Wildman–Crippen MR) is 134 cm³/mol. The van der Waals surface area contributed by atoms with Crippen LogP contribution in [0.3, 0.4) is 0 Å². The van der Waals surface area contributed by atoms with Crippen molar-refractivity contribution in [2.45, 2.75) is 48.3 Å². The summed E-state index contributed by atoms with van der Waals surface area (Å²) in [5.74, 6) is 0. The van der Waals surface area contributed by atoms with E-state index in [1.807, 2.05) is 0 Å². The molecule has 0 radical (unpaired) electrons. The van der Waals surface area contributed by atoms with Gasteiger partial charge >= 0.3 is 6.03 Å². The number of carbonyl (C=O) groups is 1. The van der Waals surface area contributed by atoms with Crippen LogP contribution in [0.2, 0.25) is 0 Å². The molecular weight excluding hydrogens is 508 g/mol. The summed E-state index contributed by atoms with van der Waals surface area (Å²) in [5.41, 5.74) is 3.78.